The number of aliphatic imine (C=N–C) groups is 1. The monoisotopic (exact) mass is 377 g/mol. The average molecular weight is 378 g/mol. The molecule has 1 unspecified atom stereocenters. The molecule has 0 aliphatic carbocycles. The SMILES string of the molecule is COc1ccc(CN=C(N)NCC(C(C)C)N2CCN(C)CC2)cc1OC. The van der Waals surface area contributed by atoms with Crippen molar-refractivity contribution >= 4 is 5.96 Å². The fraction of sp³-hybridized carbons (Fsp3) is 0.650. The Morgan fingerprint density at radius 1 is 1.15 bits per heavy atom. The molecule has 0 amide bonds. The van der Waals surface area contributed by atoms with Gasteiger partial charge in [-0.15, -0.1) is 0 Å². The van der Waals surface area contributed by atoms with E-state index in [1.807, 2.05) is 18.2 Å². The number of hydrogen-bond donors (Lipinski definition) is 2. The Kier molecular flexibility index (Phi) is 8.19. The molecule has 0 saturated carbocycles. The van der Waals surface area contributed by atoms with E-state index in [4.69, 9.17) is 15.2 Å². The van der Waals surface area contributed by atoms with Gasteiger partial charge < -0.3 is 25.4 Å². The van der Waals surface area contributed by atoms with E-state index in [0.29, 0.717) is 36.0 Å². The lowest BCUT2D eigenvalue weighted by atomic mass is 10.0. The van der Waals surface area contributed by atoms with Gasteiger partial charge in [-0.25, -0.2) is 4.99 Å². The van der Waals surface area contributed by atoms with Gasteiger partial charge in [-0.05, 0) is 30.7 Å². The zero-order chi connectivity index (χ0) is 19.8. The predicted molar refractivity (Wildman–Crippen MR) is 111 cm³/mol. The number of piperazine rings is 1. The summed E-state index contributed by atoms with van der Waals surface area (Å²) in [5.74, 6) is 2.44. The summed E-state index contributed by atoms with van der Waals surface area (Å²) in [5.41, 5.74) is 7.13. The van der Waals surface area contributed by atoms with Crippen molar-refractivity contribution in [1.82, 2.24) is 15.1 Å². The molecule has 1 aromatic carbocycles. The Morgan fingerprint density at radius 2 is 1.81 bits per heavy atom. The number of nitrogens with one attached hydrogen (secondary N) is 1. The Bertz CT molecular complexity index is 612. The molecule has 1 saturated heterocycles. The van der Waals surface area contributed by atoms with E-state index >= 15 is 0 Å². The lowest BCUT2D eigenvalue weighted by Crippen LogP contribution is -2.54. The molecular weight excluding hydrogens is 342 g/mol. The van der Waals surface area contributed by atoms with Gasteiger partial charge >= 0.3 is 0 Å². The maximum atomic E-state index is 6.10. The molecule has 0 bridgehead atoms. The van der Waals surface area contributed by atoms with Gasteiger partial charge in [-0.1, -0.05) is 19.9 Å². The van der Waals surface area contributed by atoms with Crippen LogP contribution in [0.25, 0.3) is 0 Å². The first kappa shape index (κ1) is 21.3. The van der Waals surface area contributed by atoms with E-state index in [0.717, 1.165) is 38.3 Å². The fourth-order valence-corrected chi connectivity index (χ4v) is 3.36. The van der Waals surface area contributed by atoms with Crippen LogP contribution in [0.5, 0.6) is 11.5 Å². The summed E-state index contributed by atoms with van der Waals surface area (Å²) >= 11 is 0. The number of nitrogens with zero attached hydrogens (tertiary/aromatic N) is 3. The highest BCUT2D eigenvalue weighted by atomic mass is 16.5. The van der Waals surface area contributed by atoms with Crippen molar-refractivity contribution in [2.45, 2.75) is 26.4 Å². The van der Waals surface area contributed by atoms with E-state index in [1.165, 1.54) is 0 Å². The van der Waals surface area contributed by atoms with Crippen LogP contribution in [0.4, 0.5) is 0 Å². The van der Waals surface area contributed by atoms with E-state index in [2.05, 4.69) is 41.0 Å². The molecule has 1 atom stereocenters. The van der Waals surface area contributed by atoms with Crippen molar-refractivity contribution in [3.05, 3.63) is 23.8 Å². The van der Waals surface area contributed by atoms with Crippen LogP contribution in [0.15, 0.2) is 23.2 Å². The highest BCUT2D eigenvalue weighted by molar-refractivity contribution is 5.77. The van der Waals surface area contributed by atoms with Crippen molar-refractivity contribution in [2.75, 3.05) is 54.0 Å². The molecule has 1 aromatic rings. The van der Waals surface area contributed by atoms with E-state index in [9.17, 15) is 0 Å². The van der Waals surface area contributed by atoms with Crippen LogP contribution in [0, 0.1) is 5.92 Å². The van der Waals surface area contributed by atoms with Crippen LogP contribution in [0.2, 0.25) is 0 Å². The molecule has 2 rings (SSSR count). The standard InChI is InChI=1S/C20H35N5O2/c1-15(2)17(25-10-8-24(3)9-11-25)14-23-20(21)22-13-16-6-7-18(26-4)19(12-16)27-5/h6-7,12,15,17H,8-11,13-14H2,1-5H3,(H3,21,22,23). The normalized spacial score (nSPS) is 17.8. The Labute approximate surface area is 163 Å². The van der Waals surface area contributed by atoms with E-state index in [1.54, 1.807) is 14.2 Å². The lowest BCUT2D eigenvalue weighted by molar-refractivity contribution is 0.0900. The zero-order valence-electron chi connectivity index (χ0n) is 17.4. The van der Waals surface area contributed by atoms with Gasteiger partial charge in [0.25, 0.3) is 0 Å². The smallest absolute Gasteiger partial charge is 0.188 e. The van der Waals surface area contributed by atoms with Gasteiger partial charge in [0.1, 0.15) is 0 Å². The molecule has 1 fully saturated rings. The second kappa shape index (κ2) is 10.4. The first-order valence-corrected chi connectivity index (χ1v) is 9.62. The summed E-state index contributed by atoms with van der Waals surface area (Å²) in [4.78, 5) is 9.40. The molecule has 7 nitrogen and oxygen atoms in total. The number of methoxy groups -OCH3 is 2. The minimum absolute atomic E-state index is 0.452. The quantitative estimate of drug-likeness (QED) is 0.527. The molecule has 1 aliphatic rings. The maximum Gasteiger partial charge on any atom is 0.188 e. The summed E-state index contributed by atoms with van der Waals surface area (Å²) < 4.78 is 10.6. The molecular formula is C20H35N5O2. The van der Waals surface area contributed by atoms with Crippen molar-refractivity contribution in [2.24, 2.45) is 16.6 Å². The highest BCUT2D eigenvalue weighted by Gasteiger charge is 2.24. The van der Waals surface area contributed by atoms with Gasteiger partial charge in [0.15, 0.2) is 17.5 Å². The van der Waals surface area contributed by atoms with Crippen LogP contribution in [-0.4, -0.2) is 75.8 Å². The Balaban J connectivity index is 1.90. The third-order valence-corrected chi connectivity index (χ3v) is 5.15. The summed E-state index contributed by atoms with van der Waals surface area (Å²) in [6.45, 7) is 10.3. The molecule has 1 aliphatic heterocycles. The summed E-state index contributed by atoms with van der Waals surface area (Å²) in [5, 5.41) is 3.31. The van der Waals surface area contributed by atoms with Crippen LogP contribution >= 0.6 is 0 Å². The largest absolute Gasteiger partial charge is 0.493 e. The number of nitrogens with two attached hydrogens (primary N) is 1. The molecule has 7 heteroatoms. The van der Waals surface area contributed by atoms with Crippen molar-refractivity contribution in [3.63, 3.8) is 0 Å². The molecule has 27 heavy (non-hydrogen) atoms. The first-order valence-electron chi connectivity index (χ1n) is 9.62. The summed E-state index contributed by atoms with van der Waals surface area (Å²) in [6.07, 6.45) is 0. The fourth-order valence-electron chi connectivity index (χ4n) is 3.36. The van der Waals surface area contributed by atoms with Crippen LogP contribution in [0.3, 0.4) is 0 Å². The minimum Gasteiger partial charge on any atom is -0.493 e. The number of benzene rings is 1. The number of hydrogen-bond acceptors (Lipinski definition) is 5. The molecule has 1 heterocycles. The average Bonchev–Trinajstić information content (AvgIpc) is 2.67. The van der Waals surface area contributed by atoms with Crippen molar-refractivity contribution < 1.29 is 9.47 Å². The second-order valence-electron chi connectivity index (χ2n) is 7.42. The third-order valence-electron chi connectivity index (χ3n) is 5.15. The van der Waals surface area contributed by atoms with Gasteiger partial charge in [-0.2, -0.15) is 0 Å². The second-order valence-corrected chi connectivity index (χ2v) is 7.42. The van der Waals surface area contributed by atoms with E-state index < -0.39 is 0 Å². The topological polar surface area (TPSA) is 75.4 Å². The number of likely N-dealkylation sites (N-methyl/N-ethyl adjacent to an activating group) is 1. The number of rotatable bonds is 8. The van der Waals surface area contributed by atoms with Gasteiger partial charge in [0.05, 0.1) is 20.8 Å². The minimum atomic E-state index is 0.452. The molecule has 152 valence electrons. The molecule has 0 radical (unpaired) electrons. The number of guanidine groups is 1. The van der Waals surface area contributed by atoms with Gasteiger partial charge in [0.2, 0.25) is 0 Å². The number of ether oxygens (including phenoxy) is 2. The maximum absolute atomic E-state index is 6.10. The molecule has 0 spiro atoms. The predicted octanol–water partition coefficient (Wildman–Crippen LogP) is 1.38. The lowest BCUT2D eigenvalue weighted by Gasteiger charge is -2.40. The first-order chi connectivity index (χ1) is 12.9. The highest BCUT2D eigenvalue weighted by Crippen LogP contribution is 2.27. The van der Waals surface area contributed by atoms with Gasteiger partial charge in [0, 0.05) is 38.8 Å². The van der Waals surface area contributed by atoms with Crippen molar-refractivity contribution in [1.29, 1.82) is 0 Å². The summed E-state index contributed by atoms with van der Waals surface area (Å²) in [7, 11) is 5.44. The van der Waals surface area contributed by atoms with Gasteiger partial charge in [-0.3, -0.25) is 4.90 Å². The summed E-state index contributed by atoms with van der Waals surface area (Å²) in [6, 6.07) is 6.24. The molecule has 3 N–H and O–H groups in total. The Hall–Kier alpha value is -1.99. The van der Waals surface area contributed by atoms with Crippen LogP contribution < -0.4 is 20.5 Å². The van der Waals surface area contributed by atoms with E-state index in [-0.39, 0.29) is 0 Å². The van der Waals surface area contributed by atoms with Crippen LogP contribution in [0.1, 0.15) is 19.4 Å². The molecule has 0 aromatic heterocycles. The van der Waals surface area contributed by atoms with Crippen molar-refractivity contribution in [3.8, 4) is 11.5 Å². The zero-order valence-corrected chi connectivity index (χ0v) is 17.4. The Morgan fingerprint density at radius 3 is 2.41 bits per heavy atom. The third kappa shape index (κ3) is 6.29. The van der Waals surface area contributed by atoms with Crippen LogP contribution in [-0.2, 0) is 6.54 Å².